The van der Waals surface area contributed by atoms with Gasteiger partial charge in [0.1, 0.15) is 0 Å². The Balaban J connectivity index is 0.00000450. The summed E-state index contributed by atoms with van der Waals surface area (Å²) in [4.78, 5) is 16.0. The third-order valence-electron chi connectivity index (χ3n) is 4.10. The Kier molecular flexibility index (Phi) is 11.7. The number of hydrogen-bond donors (Lipinski definition) is 3. The second-order valence-electron chi connectivity index (χ2n) is 6.35. The van der Waals surface area contributed by atoms with Crippen molar-refractivity contribution in [3.63, 3.8) is 0 Å². The van der Waals surface area contributed by atoms with Gasteiger partial charge in [0.05, 0.1) is 13.7 Å². The Labute approximate surface area is 195 Å². The number of hydrogen-bond acceptors (Lipinski definition) is 4. The lowest BCUT2D eigenvalue weighted by Gasteiger charge is -2.15. The fourth-order valence-corrected chi connectivity index (χ4v) is 2.73. The van der Waals surface area contributed by atoms with Crippen molar-refractivity contribution in [2.24, 2.45) is 4.99 Å². The number of methoxy groups -OCH3 is 1. The van der Waals surface area contributed by atoms with Crippen molar-refractivity contribution in [1.29, 1.82) is 0 Å². The summed E-state index contributed by atoms with van der Waals surface area (Å²) in [6, 6.07) is 13.4. The second kappa shape index (κ2) is 13.7. The fraction of sp³-hybridized carbons (Fsp3) is 0.364. The van der Waals surface area contributed by atoms with Gasteiger partial charge in [0, 0.05) is 37.5 Å². The highest BCUT2D eigenvalue weighted by atomic mass is 127. The zero-order chi connectivity index (χ0) is 21.1. The van der Waals surface area contributed by atoms with Crippen LogP contribution in [0.4, 0.5) is 11.4 Å². The molecule has 0 saturated carbocycles. The number of amides is 1. The summed E-state index contributed by atoms with van der Waals surface area (Å²) in [7, 11) is 3.32. The number of anilines is 2. The quantitative estimate of drug-likeness (QED) is 0.252. The predicted octanol–water partition coefficient (Wildman–Crippen LogP) is 4.64. The lowest BCUT2D eigenvalue weighted by Crippen LogP contribution is -2.30. The molecule has 0 heterocycles. The Morgan fingerprint density at radius 2 is 1.80 bits per heavy atom. The van der Waals surface area contributed by atoms with Gasteiger partial charge >= 0.3 is 0 Å². The molecular weight excluding hydrogens is 495 g/mol. The minimum Gasteiger partial charge on any atom is -0.493 e. The lowest BCUT2D eigenvalue weighted by atomic mass is 10.2. The minimum atomic E-state index is 0. The number of halogens is 1. The van der Waals surface area contributed by atoms with Gasteiger partial charge in [-0.15, -0.1) is 24.0 Å². The van der Waals surface area contributed by atoms with Crippen molar-refractivity contribution in [1.82, 2.24) is 5.32 Å². The summed E-state index contributed by atoms with van der Waals surface area (Å²) in [6.45, 7) is 5.05. The molecule has 0 aliphatic rings. The van der Waals surface area contributed by atoms with E-state index in [1.807, 2.05) is 56.3 Å². The maximum Gasteiger partial charge on any atom is 0.224 e. The highest BCUT2D eigenvalue weighted by molar-refractivity contribution is 14.0. The molecule has 0 radical (unpaired) electrons. The average molecular weight is 526 g/mol. The van der Waals surface area contributed by atoms with E-state index < -0.39 is 0 Å². The van der Waals surface area contributed by atoms with E-state index in [1.54, 1.807) is 14.2 Å². The molecule has 3 N–H and O–H groups in total. The molecule has 0 unspecified atom stereocenters. The van der Waals surface area contributed by atoms with Crippen LogP contribution in [0.5, 0.6) is 11.5 Å². The van der Waals surface area contributed by atoms with Crippen LogP contribution in [0, 0.1) is 0 Å². The second-order valence-corrected chi connectivity index (χ2v) is 6.35. The summed E-state index contributed by atoms with van der Waals surface area (Å²) in [5, 5.41) is 9.43. The van der Waals surface area contributed by atoms with Crippen molar-refractivity contribution in [3.05, 3.63) is 48.0 Å². The monoisotopic (exact) mass is 526 g/mol. The number of aliphatic imine (C=N–C) groups is 1. The number of nitrogens with zero attached hydrogens (tertiary/aromatic N) is 1. The zero-order valence-corrected chi connectivity index (χ0v) is 20.3. The molecule has 0 aliphatic carbocycles. The van der Waals surface area contributed by atoms with Crippen LogP contribution >= 0.6 is 24.0 Å². The first-order valence-electron chi connectivity index (χ1n) is 9.76. The van der Waals surface area contributed by atoms with E-state index in [4.69, 9.17) is 9.47 Å². The Bertz CT molecular complexity index is 843. The molecule has 0 saturated heterocycles. The van der Waals surface area contributed by atoms with Crippen LogP contribution in [0.25, 0.3) is 0 Å². The molecule has 164 valence electrons. The van der Waals surface area contributed by atoms with Gasteiger partial charge in [0.15, 0.2) is 17.5 Å². The summed E-state index contributed by atoms with van der Waals surface area (Å²) < 4.78 is 10.9. The van der Waals surface area contributed by atoms with Gasteiger partial charge in [-0.2, -0.15) is 0 Å². The lowest BCUT2D eigenvalue weighted by molar-refractivity contribution is -0.116. The molecule has 0 fully saturated rings. The number of carbonyl (C=O) groups excluding carboxylic acids is 1. The summed E-state index contributed by atoms with van der Waals surface area (Å²) in [6.07, 6.45) is 1.34. The van der Waals surface area contributed by atoms with E-state index in [2.05, 4.69) is 20.9 Å². The summed E-state index contributed by atoms with van der Waals surface area (Å²) in [5.74, 6) is 2.00. The van der Waals surface area contributed by atoms with Gasteiger partial charge in [-0.25, -0.2) is 0 Å². The molecule has 0 aromatic heterocycles. The molecule has 2 rings (SSSR count). The van der Waals surface area contributed by atoms with Crippen LogP contribution in [0.3, 0.4) is 0 Å². The molecule has 0 spiro atoms. The van der Waals surface area contributed by atoms with Crippen molar-refractivity contribution >= 4 is 47.2 Å². The molecular formula is C22H31IN4O3. The maximum atomic E-state index is 11.8. The third-order valence-corrected chi connectivity index (χ3v) is 4.10. The standard InChI is InChI=1S/C22H30N4O3.HI/c1-5-8-21(27)25-17-10-7-9-16(13-17)15-24-22(23-3)26-18-11-12-19(29-6-2)20(14-18)28-4;/h7,9-14H,5-6,8,15H2,1-4H3,(H,25,27)(H2,23,24,26);1H. The van der Waals surface area contributed by atoms with Gasteiger partial charge < -0.3 is 25.4 Å². The molecule has 7 nitrogen and oxygen atoms in total. The normalized spacial score (nSPS) is 10.6. The smallest absolute Gasteiger partial charge is 0.224 e. The topological polar surface area (TPSA) is 84.0 Å². The third kappa shape index (κ3) is 8.10. The Hall–Kier alpha value is -2.49. The van der Waals surface area contributed by atoms with Gasteiger partial charge in [-0.3, -0.25) is 9.79 Å². The number of ether oxygens (including phenoxy) is 2. The van der Waals surface area contributed by atoms with Gasteiger partial charge in [0.2, 0.25) is 5.91 Å². The van der Waals surface area contributed by atoms with Crippen molar-refractivity contribution in [2.45, 2.75) is 33.2 Å². The molecule has 0 atom stereocenters. The molecule has 30 heavy (non-hydrogen) atoms. The van der Waals surface area contributed by atoms with E-state index in [0.717, 1.165) is 23.4 Å². The Morgan fingerprint density at radius 3 is 2.47 bits per heavy atom. The van der Waals surface area contributed by atoms with Crippen molar-refractivity contribution in [3.8, 4) is 11.5 Å². The van der Waals surface area contributed by atoms with Crippen molar-refractivity contribution < 1.29 is 14.3 Å². The van der Waals surface area contributed by atoms with E-state index in [9.17, 15) is 4.79 Å². The minimum absolute atomic E-state index is 0. The summed E-state index contributed by atoms with van der Waals surface area (Å²) in [5.41, 5.74) is 2.66. The number of guanidine groups is 1. The van der Waals surface area contributed by atoms with Crippen LogP contribution in [-0.2, 0) is 11.3 Å². The number of nitrogens with one attached hydrogen (secondary N) is 3. The van der Waals surface area contributed by atoms with Crippen LogP contribution in [0.1, 0.15) is 32.3 Å². The molecule has 1 amide bonds. The van der Waals surface area contributed by atoms with E-state index >= 15 is 0 Å². The first-order valence-corrected chi connectivity index (χ1v) is 9.76. The first-order chi connectivity index (χ1) is 14.1. The van der Waals surface area contributed by atoms with Gasteiger partial charge in [-0.05, 0) is 43.2 Å². The van der Waals surface area contributed by atoms with Gasteiger partial charge in [0.25, 0.3) is 0 Å². The van der Waals surface area contributed by atoms with Crippen LogP contribution < -0.4 is 25.4 Å². The van der Waals surface area contributed by atoms with E-state index in [1.165, 1.54) is 0 Å². The number of rotatable bonds is 9. The molecule has 8 heteroatoms. The average Bonchev–Trinajstić information content (AvgIpc) is 2.72. The largest absolute Gasteiger partial charge is 0.493 e. The maximum absolute atomic E-state index is 11.8. The van der Waals surface area contributed by atoms with Gasteiger partial charge in [-0.1, -0.05) is 19.1 Å². The predicted molar refractivity (Wildman–Crippen MR) is 133 cm³/mol. The number of benzene rings is 2. The Morgan fingerprint density at radius 1 is 1.03 bits per heavy atom. The number of carbonyl (C=O) groups is 1. The van der Waals surface area contributed by atoms with E-state index in [-0.39, 0.29) is 29.9 Å². The zero-order valence-electron chi connectivity index (χ0n) is 18.0. The highest BCUT2D eigenvalue weighted by Gasteiger charge is 2.07. The van der Waals surface area contributed by atoms with Crippen LogP contribution in [0.2, 0.25) is 0 Å². The van der Waals surface area contributed by atoms with Crippen molar-refractivity contribution in [2.75, 3.05) is 31.4 Å². The molecule has 2 aromatic rings. The van der Waals surface area contributed by atoms with Crippen LogP contribution in [0.15, 0.2) is 47.5 Å². The van der Waals surface area contributed by atoms with E-state index in [0.29, 0.717) is 37.0 Å². The SMILES string of the molecule is CCCC(=O)Nc1cccc(CNC(=NC)Nc2ccc(OCC)c(OC)c2)c1.I. The molecule has 0 bridgehead atoms. The summed E-state index contributed by atoms with van der Waals surface area (Å²) >= 11 is 0. The fourth-order valence-electron chi connectivity index (χ4n) is 2.73. The highest BCUT2D eigenvalue weighted by Crippen LogP contribution is 2.30. The first kappa shape index (κ1) is 25.5. The molecule has 0 aliphatic heterocycles. The van der Waals surface area contributed by atoms with Crippen LogP contribution in [-0.4, -0.2) is 32.6 Å². The molecule has 2 aromatic carbocycles.